The Labute approximate surface area is 102 Å². The van der Waals surface area contributed by atoms with E-state index in [1.165, 1.54) is 0 Å². The molecule has 0 bridgehead atoms. The smallest absolute Gasteiger partial charge is 0.0835 e. The first-order valence-corrected chi connectivity index (χ1v) is 5.79. The number of benzene rings is 1. The van der Waals surface area contributed by atoms with Gasteiger partial charge in [-0.1, -0.05) is 23.2 Å². The molecule has 78 valence electrons. The molecule has 0 radical (unpaired) electrons. The monoisotopic (exact) mass is 296 g/mol. The fourth-order valence-corrected chi connectivity index (χ4v) is 1.83. The molecule has 0 aliphatic rings. The lowest BCUT2D eigenvalue weighted by molar-refractivity contribution is 0.874. The van der Waals surface area contributed by atoms with Crippen molar-refractivity contribution in [2.24, 2.45) is 5.73 Å². The second-order valence-electron chi connectivity index (χ2n) is 2.79. The van der Waals surface area contributed by atoms with Gasteiger partial charge < -0.3 is 11.1 Å². The van der Waals surface area contributed by atoms with Crippen molar-refractivity contribution in [3.05, 3.63) is 26.7 Å². The lowest BCUT2D eigenvalue weighted by atomic mass is 10.3. The van der Waals surface area contributed by atoms with E-state index in [1.54, 1.807) is 0 Å². The zero-order valence-corrected chi connectivity index (χ0v) is 10.6. The van der Waals surface area contributed by atoms with Crippen LogP contribution in [0.3, 0.4) is 0 Å². The molecular weight excluding hydrogens is 287 g/mol. The number of nitrogens with two attached hydrogens (primary N) is 1. The van der Waals surface area contributed by atoms with Crippen LogP contribution in [0.1, 0.15) is 6.42 Å². The molecule has 1 rings (SSSR count). The third kappa shape index (κ3) is 3.02. The Bertz CT molecular complexity index is 318. The van der Waals surface area contributed by atoms with Gasteiger partial charge in [-0.3, -0.25) is 0 Å². The second kappa shape index (κ2) is 5.81. The quantitative estimate of drug-likeness (QED) is 0.659. The Hall–Kier alpha value is 0.0400. The van der Waals surface area contributed by atoms with E-state index in [0.29, 0.717) is 16.6 Å². The first-order chi connectivity index (χ1) is 6.66. The summed E-state index contributed by atoms with van der Waals surface area (Å²) in [5.41, 5.74) is 6.22. The van der Waals surface area contributed by atoms with Crippen molar-refractivity contribution in [2.45, 2.75) is 6.42 Å². The normalized spacial score (nSPS) is 10.3. The molecule has 0 aliphatic heterocycles. The van der Waals surface area contributed by atoms with Gasteiger partial charge in [0.05, 0.1) is 15.7 Å². The Balaban J connectivity index is 2.73. The van der Waals surface area contributed by atoms with Crippen molar-refractivity contribution in [1.82, 2.24) is 0 Å². The number of hydrogen-bond donors (Lipinski definition) is 2. The molecule has 0 aromatic heterocycles. The Kier molecular flexibility index (Phi) is 5.02. The molecule has 1 aromatic carbocycles. The lowest BCUT2D eigenvalue weighted by Gasteiger charge is -2.09. The predicted molar refractivity (Wildman–Crippen MR) is 66.3 cm³/mol. The van der Waals surface area contributed by atoms with Gasteiger partial charge in [0.25, 0.3) is 0 Å². The summed E-state index contributed by atoms with van der Waals surface area (Å²) < 4.78 is 0.800. The van der Waals surface area contributed by atoms with Crippen LogP contribution in [0.2, 0.25) is 10.0 Å². The SMILES string of the molecule is NCCCNc1ccc(Br)c(Cl)c1Cl. The van der Waals surface area contributed by atoms with Gasteiger partial charge in [0, 0.05) is 11.0 Å². The first kappa shape index (κ1) is 12.1. The molecule has 0 amide bonds. The number of nitrogens with one attached hydrogen (secondary N) is 1. The Morgan fingerprint density at radius 1 is 1.29 bits per heavy atom. The number of anilines is 1. The highest BCUT2D eigenvalue weighted by atomic mass is 79.9. The van der Waals surface area contributed by atoms with Gasteiger partial charge in [-0.05, 0) is 41.0 Å². The standard InChI is InChI=1S/C9H11BrCl2N2/c10-6-2-3-7(9(12)8(6)11)14-5-1-4-13/h2-3,14H,1,4-5,13H2. The van der Waals surface area contributed by atoms with E-state index >= 15 is 0 Å². The van der Waals surface area contributed by atoms with Crippen LogP contribution in [-0.4, -0.2) is 13.1 Å². The number of halogens is 3. The average molecular weight is 298 g/mol. The molecule has 0 heterocycles. The van der Waals surface area contributed by atoms with Crippen LogP contribution in [0, 0.1) is 0 Å². The van der Waals surface area contributed by atoms with Crippen molar-refractivity contribution in [1.29, 1.82) is 0 Å². The highest BCUT2D eigenvalue weighted by Gasteiger charge is 2.07. The molecule has 2 nitrogen and oxygen atoms in total. The zero-order chi connectivity index (χ0) is 10.6. The highest BCUT2D eigenvalue weighted by molar-refractivity contribution is 9.10. The summed E-state index contributed by atoms with van der Waals surface area (Å²) in [4.78, 5) is 0. The Morgan fingerprint density at radius 2 is 2.00 bits per heavy atom. The first-order valence-electron chi connectivity index (χ1n) is 4.24. The third-order valence-electron chi connectivity index (χ3n) is 1.73. The van der Waals surface area contributed by atoms with Gasteiger partial charge in [-0.25, -0.2) is 0 Å². The maximum Gasteiger partial charge on any atom is 0.0835 e. The largest absolute Gasteiger partial charge is 0.384 e. The minimum Gasteiger partial charge on any atom is -0.384 e. The van der Waals surface area contributed by atoms with Crippen molar-refractivity contribution < 1.29 is 0 Å². The van der Waals surface area contributed by atoms with E-state index in [2.05, 4.69) is 21.2 Å². The minimum absolute atomic E-state index is 0.532. The maximum absolute atomic E-state index is 6.02. The van der Waals surface area contributed by atoms with E-state index in [4.69, 9.17) is 28.9 Å². The molecule has 1 aromatic rings. The van der Waals surface area contributed by atoms with Gasteiger partial charge in [0.15, 0.2) is 0 Å². The fraction of sp³-hybridized carbons (Fsp3) is 0.333. The molecule has 0 saturated carbocycles. The van der Waals surface area contributed by atoms with Crippen molar-refractivity contribution in [3.8, 4) is 0 Å². The van der Waals surface area contributed by atoms with E-state index in [1.807, 2.05) is 12.1 Å². The van der Waals surface area contributed by atoms with Crippen LogP contribution in [0.4, 0.5) is 5.69 Å². The van der Waals surface area contributed by atoms with Crippen LogP contribution in [0.5, 0.6) is 0 Å². The summed E-state index contributed by atoms with van der Waals surface area (Å²) in [6.45, 7) is 1.46. The summed E-state index contributed by atoms with van der Waals surface area (Å²) >= 11 is 15.3. The van der Waals surface area contributed by atoms with Gasteiger partial charge in [0.2, 0.25) is 0 Å². The molecule has 0 aliphatic carbocycles. The number of hydrogen-bond acceptors (Lipinski definition) is 2. The summed E-state index contributed by atoms with van der Waals surface area (Å²) in [6.07, 6.45) is 0.907. The zero-order valence-electron chi connectivity index (χ0n) is 7.49. The van der Waals surface area contributed by atoms with E-state index < -0.39 is 0 Å². The Morgan fingerprint density at radius 3 is 2.64 bits per heavy atom. The highest BCUT2D eigenvalue weighted by Crippen LogP contribution is 2.35. The van der Waals surface area contributed by atoms with Crippen LogP contribution in [0.15, 0.2) is 16.6 Å². The third-order valence-corrected chi connectivity index (χ3v) is 3.50. The van der Waals surface area contributed by atoms with Gasteiger partial charge in [-0.2, -0.15) is 0 Å². The average Bonchev–Trinajstić information content (AvgIpc) is 2.18. The van der Waals surface area contributed by atoms with Gasteiger partial charge >= 0.3 is 0 Å². The molecule has 0 unspecified atom stereocenters. The van der Waals surface area contributed by atoms with Crippen LogP contribution in [0.25, 0.3) is 0 Å². The van der Waals surface area contributed by atoms with Crippen molar-refractivity contribution >= 4 is 44.8 Å². The van der Waals surface area contributed by atoms with Crippen LogP contribution >= 0.6 is 39.1 Å². The molecule has 5 heteroatoms. The van der Waals surface area contributed by atoms with E-state index in [9.17, 15) is 0 Å². The van der Waals surface area contributed by atoms with E-state index in [-0.39, 0.29) is 0 Å². The summed E-state index contributed by atoms with van der Waals surface area (Å²) in [5, 5.41) is 4.24. The molecule has 14 heavy (non-hydrogen) atoms. The van der Waals surface area contributed by atoms with Crippen molar-refractivity contribution in [3.63, 3.8) is 0 Å². The van der Waals surface area contributed by atoms with E-state index in [0.717, 1.165) is 23.1 Å². The fourth-order valence-electron chi connectivity index (χ4n) is 0.988. The van der Waals surface area contributed by atoms with Gasteiger partial charge in [0.1, 0.15) is 0 Å². The lowest BCUT2D eigenvalue weighted by Crippen LogP contribution is -2.08. The van der Waals surface area contributed by atoms with Crippen LogP contribution < -0.4 is 11.1 Å². The molecule has 0 fully saturated rings. The topological polar surface area (TPSA) is 38.0 Å². The molecule has 0 atom stereocenters. The van der Waals surface area contributed by atoms with Crippen LogP contribution in [-0.2, 0) is 0 Å². The summed E-state index contributed by atoms with van der Waals surface area (Å²) in [6, 6.07) is 3.74. The summed E-state index contributed by atoms with van der Waals surface area (Å²) in [7, 11) is 0. The summed E-state index contributed by atoms with van der Waals surface area (Å²) in [5.74, 6) is 0. The molecule has 0 saturated heterocycles. The minimum atomic E-state index is 0.532. The second-order valence-corrected chi connectivity index (χ2v) is 4.40. The van der Waals surface area contributed by atoms with Crippen molar-refractivity contribution in [2.75, 3.05) is 18.4 Å². The predicted octanol–water partition coefficient (Wildman–Crippen LogP) is 3.52. The van der Waals surface area contributed by atoms with Gasteiger partial charge in [-0.15, -0.1) is 0 Å². The maximum atomic E-state index is 6.02. The molecule has 3 N–H and O–H groups in total. The number of rotatable bonds is 4. The molecular formula is C9H11BrCl2N2. The molecule has 0 spiro atoms.